The van der Waals surface area contributed by atoms with E-state index in [1.54, 1.807) is 10.9 Å². The molecule has 2 aromatic rings. The van der Waals surface area contributed by atoms with E-state index < -0.39 is 23.6 Å². The summed E-state index contributed by atoms with van der Waals surface area (Å²) in [7, 11) is 0. The van der Waals surface area contributed by atoms with Crippen molar-refractivity contribution in [3.8, 4) is 0 Å². The van der Waals surface area contributed by atoms with E-state index in [9.17, 15) is 14.7 Å². The predicted octanol–water partition coefficient (Wildman–Crippen LogP) is 1.59. The number of carbonyl (C=O) groups excluding carboxylic acids is 2. The van der Waals surface area contributed by atoms with Gasteiger partial charge in [-0.25, -0.2) is 9.67 Å². The van der Waals surface area contributed by atoms with Crippen molar-refractivity contribution in [3.05, 3.63) is 30.1 Å². The number of nitrogens with one attached hydrogen (secondary N) is 1. The highest BCUT2D eigenvalue weighted by Gasteiger charge is 2.45. The van der Waals surface area contributed by atoms with Crippen molar-refractivity contribution in [3.63, 3.8) is 0 Å². The van der Waals surface area contributed by atoms with Crippen molar-refractivity contribution < 1.29 is 14.7 Å². The lowest BCUT2D eigenvalue weighted by molar-refractivity contribution is -0.144. The van der Waals surface area contributed by atoms with E-state index in [2.05, 4.69) is 25.2 Å². The second-order valence-corrected chi connectivity index (χ2v) is 11.1. The van der Waals surface area contributed by atoms with Crippen molar-refractivity contribution >= 4 is 11.8 Å². The summed E-state index contributed by atoms with van der Waals surface area (Å²) in [4.78, 5) is 33.0. The van der Waals surface area contributed by atoms with E-state index in [4.69, 9.17) is 0 Å². The third-order valence-corrected chi connectivity index (χ3v) is 7.30. The van der Waals surface area contributed by atoms with Gasteiger partial charge in [-0.15, -0.1) is 5.10 Å². The molecular formula is C24H35N7O3. The quantitative estimate of drug-likeness (QED) is 0.663. The fourth-order valence-corrected chi connectivity index (χ4v) is 5.37. The highest BCUT2D eigenvalue weighted by Crippen LogP contribution is 2.40. The lowest BCUT2D eigenvalue weighted by Crippen LogP contribution is -2.51. The van der Waals surface area contributed by atoms with Crippen molar-refractivity contribution in [2.24, 2.45) is 5.41 Å². The molecule has 5 rings (SSSR count). The van der Waals surface area contributed by atoms with Crippen molar-refractivity contribution in [2.45, 2.75) is 89.4 Å². The first-order valence-corrected chi connectivity index (χ1v) is 12.4. The molecule has 1 aliphatic carbocycles. The molecule has 1 unspecified atom stereocenters. The van der Waals surface area contributed by atoms with Gasteiger partial charge in [-0.05, 0) is 31.1 Å². The number of hydrogen-bond acceptors (Lipinski definition) is 6. The lowest BCUT2D eigenvalue weighted by Gasteiger charge is -2.34. The molecule has 3 aliphatic rings. The second-order valence-electron chi connectivity index (χ2n) is 11.1. The molecule has 4 heterocycles. The van der Waals surface area contributed by atoms with Crippen LogP contribution in [0.1, 0.15) is 82.4 Å². The topological polar surface area (TPSA) is 118 Å². The summed E-state index contributed by atoms with van der Waals surface area (Å²) in [5, 5.41) is 22.0. The smallest absolute Gasteiger partial charge is 0.248 e. The summed E-state index contributed by atoms with van der Waals surface area (Å²) >= 11 is 0. The van der Waals surface area contributed by atoms with Crippen LogP contribution in [0, 0.1) is 5.41 Å². The molecule has 184 valence electrons. The highest BCUT2D eigenvalue weighted by atomic mass is 16.3. The molecule has 0 aromatic carbocycles. The summed E-state index contributed by atoms with van der Waals surface area (Å²) in [6.07, 6.45) is 10.3. The molecule has 2 amide bonds. The Kier molecular flexibility index (Phi) is 5.95. The summed E-state index contributed by atoms with van der Waals surface area (Å²) in [5.74, 6) is 1.06. The maximum Gasteiger partial charge on any atom is 0.248 e. The molecule has 2 aliphatic heterocycles. The minimum absolute atomic E-state index is 0.142. The van der Waals surface area contributed by atoms with Crippen LogP contribution in [-0.4, -0.2) is 71.6 Å². The SMILES string of the molecule is CC(C)(C)[C@@H](C(=O)N1C[C@H](O)C[C@H]1C(=O)NCC1CCCc2nccn21)n1cc(C2CC2)nn1. The minimum Gasteiger partial charge on any atom is -0.391 e. The third kappa shape index (κ3) is 4.47. The average Bonchev–Trinajstić information content (AvgIpc) is 3.17. The van der Waals surface area contributed by atoms with Crippen LogP contribution in [-0.2, 0) is 16.0 Å². The van der Waals surface area contributed by atoms with Crippen LogP contribution < -0.4 is 5.32 Å². The lowest BCUT2D eigenvalue weighted by atomic mass is 9.85. The zero-order valence-corrected chi connectivity index (χ0v) is 20.2. The number of rotatable bonds is 6. The van der Waals surface area contributed by atoms with E-state index in [0.29, 0.717) is 12.5 Å². The number of β-amino-alcohol motifs (C(OH)–C–C–N with tert-alkyl or cyclic N) is 1. The van der Waals surface area contributed by atoms with E-state index in [-0.39, 0.29) is 30.8 Å². The maximum absolute atomic E-state index is 13.8. The van der Waals surface area contributed by atoms with Gasteiger partial charge >= 0.3 is 0 Å². The normalized spacial score (nSPS) is 25.8. The van der Waals surface area contributed by atoms with Gasteiger partial charge in [0.05, 0.1) is 17.8 Å². The van der Waals surface area contributed by atoms with E-state index in [0.717, 1.165) is 43.6 Å². The average molecular weight is 470 g/mol. The van der Waals surface area contributed by atoms with Gasteiger partial charge in [0.25, 0.3) is 0 Å². The summed E-state index contributed by atoms with van der Waals surface area (Å²) < 4.78 is 3.78. The standard InChI is InChI=1S/C24H35N7O3/c1-24(2,3)21(31-14-18(27-28-31)15-7-8-15)23(34)30-13-17(32)11-19(30)22(33)26-12-16-5-4-6-20-25-9-10-29(16)20/h9-10,14-17,19,21,32H,4-8,11-13H2,1-3H3,(H,26,33)/t16?,17-,19+,21-/m1/s1. The molecule has 0 spiro atoms. The van der Waals surface area contributed by atoms with Crippen LogP contribution in [0.15, 0.2) is 18.6 Å². The largest absolute Gasteiger partial charge is 0.391 e. The van der Waals surface area contributed by atoms with Gasteiger partial charge < -0.3 is 19.9 Å². The van der Waals surface area contributed by atoms with Gasteiger partial charge in [0.2, 0.25) is 11.8 Å². The van der Waals surface area contributed by atoms with Crippen LogP contribution in [0.3, 0.4) is 0 Å². The van der Waals surface area contributed by atoms with Crippen LogP contribution in [0.5, 0.6) is 0 Å². The molecule has 4 atom stereocenters. The molecule has 2 aromatic heterocycles. The highest BCUT2D eigenvalue weighted by molar-refractivity contribution is 5.90. The molecule has 10 nitrogen and oxygen atoms in total. The molecule has 34 heavy (non-hydrogen) atoms. The van der Waals surface area contributed by atoms with Gasteiger partial charge in [-0.2, -0.15) is 0 Å². The number of aliphatic hydroxyl groups is 1. The third-order valence-electron chi connectivity index (χ3n) is 7.30. The predicted molar refractivity (Wildman–Crippen MR) is 124 cm³/mol. The second kappa shape index (κ2) is 8.79. The minimum atomic E-state index is -0.729. The number of carbonyl (C=O) groups is 2. The Morgan fingerprint density at radius 3 is 2.79 bits per heavy atom. The maximum atomic E-state index is 13.8. The number of nitrogens with zero attached hydrogens (tertiary/aromatic N) is 6. The van der Waals surface area contributed by atoms with Gasteiger partial charge in [0.1, 0.15) is 17.9 Å². The first-order chi connectivity index (χ1) is 16.2. The number of aromatic nitrogens is 5. The molecule has 10 heteroatoms. The van der Waals surface area contributed by atoms with Crippen LogP contribution in [0.2, 0.25) is 0 Å². The van der Waals surface area contributed by atoms with Crippen molar-refractivity contribution in [1.82, 2.24) is 34.8 Å². The molecule has 2 N–H and O–H groups in total. The number of fused-ring (bicyclic) bond motifs is 1. The first kappa shape index (κ1) is 23.0. The summed E-state index contributed by atoms with van der Waals surface area (Å²) in [6.45, 7) is 6.58. The van der Waals surface area contributed by atoms with E-state index in [1.807, 2.05) is 33.2 Å². The van der Waals surface area contributed by atoms with E-state index in [1.165, 1.54) is 4.90 Å². The fourth-order valence-electron chi connectivity index (χ4n) is 5.37. The number of aryl methyl sites for hydroxylation is 1. The van der Waals surface area contributed by atoms with Crippen molar-refractivity contribution in [1.29, 1.82) is 0 Å². The van der Waals surface area contributed by atoms with E-state index >= 15 is 0 Å². The molecule has 1 saturated heterocycles. The number of hydrogen-bond donors (Lipinski definition) is 2. The Labute approximate surface area is 199 Å². The molecule has 0 bridgehead atoms. The Morgan fingerprint density at radius 1 is 1.26 bits per heavy atom. The molecule has 2 fully saturated rings. The monoisotopic (exact) mass is 469 g/mol. The van der Waals surface area contributed by atoms with Gasteiger partial charge in [0.15, 0.2) is 0 Å². The van der Waals surface area contributed by atoms with Gasteiger partial charge in [-0.1, -0.05) is 26.0 Å². The van der Waals surface area contributed by atoms with Crippen LogP contribution >= 0.6 is 0 Å². The molecule has 1 saturated carbocycles. The number of aliphatic hydroxyl groups excluding tert-OH is 1. The molecular weight excluding hydrogens is 434 g/mol. The van der Waals surface area contributed by atoms with Gasteiger partial charge in [0, 0.05) is 50.4 Å². The zero-order chi connectivity index (χ0) is 24.0. The Morgan fingerprint density at radius 2 is 2.06 bits per heavy atom. The summed E-state index contributed by atoms with van der Waals surface area (Å²) in [5.41, 5.74) is 0.476. The summed E-state index contributed by atoms with van der Waals surface area (Å²) in [6, 6.07) is -1.16. The van der Waals surface area contributed by atoms with Crippen LogP contribution in [0.4, 0.5) is 0 Å². The fraction of sp³-hybridized carbons (Fsp3) is 0.708. The Hall–Kier alpha value is -2.75. The Balaban J connectivity index is 1.31. The van der Waals surface area contributed by atoms with Gasteiger partial charge in [-0.3, -0.25) is 9.59 Å². The molecule has 0 radical (unpaired) electrons. The first-order valence-electron chi connectivity index (χ1n) is 12.4. The number of amides is 2. The Bertz CT molecular complexity index is 1050. The number of imidazole rings is 1. The zero-order valence-electron chi connectivity index (χ0n) is 20.2. The van der Waals surface area contributed by atoms with Crippen LogP contribution in [0.25, 0.3) is 0 Å². The number of likely N-dealkylation sites (tertiary alicyclic amines) is 1. The van der Waals surface area contributed by atoms with Crippen molar-refractivity contribution in [2.75, 3.05) is 13.1 Å².